The Labute approximate surface area is 358 Å². The maximum absolute atomic E-state index is 5.34. The zero-order valence-corrected chi connectivity index (χ0v) is 33.4. The number of hydrogen-bond acceptors (Lipinski definition) is 3. The minimum Gasteiger partial charge on any atom is -0.309 e. The molecule has 288 valence electrons. The van der Waals surface area contributed by atoms with Crippen LogP contribution in [0.5, 0.6) is 0 Å². The lowest BCUT2D eigenvalue weighted by Crippen LogP contribution is -2.06. The van der Waals surface area contributed by atoms with Crippen molar-refractivity contribution < 1.29 is 0 Å². The van der Waals surface area contributed by atoms with Gasteiger partial charge in [0, 0.05) is 38.4 Å². The fourth-order valence-electron chi connectivity index (χ4n) is 9.00. The van der Waals surface area contributed by atoms with E-state index in [1.165, 1.54) is 21.9 Å². The van der Waals surface area contributed by atoms with E-state index in [0.717, 1.165) is 71.9 Å². The number of nitrogens with zero attached hydrogens (tertiary/aromatic N) is 5. The van der Waals surface area contributed by atoms with Gasteiger partial charge in [-0.05, 0) is 100 Å². The van der Waals surface area contributed by atoms with E-state index in [1.54, 1.807) is 0 Å². The van der Waals surface area contributed by atoms with Crippen LogP contribution in [0.25, 0.3) is 111 Å². The number of aromatic nitrogens is 5. The lowest BCUT2D eigenvalue weighted by atomic mass is 10.0. The molecule has 0 radical (unpaired) electrons. The fourth-order valence-corrected chi connectivity index (χ4v) is 9.00. The SMILES string of the molecule is c1ccc(-c2cccc(-c3nc(-c4cccc(-c5ccccc5)c4)nc(-n4c5ccccc5c5c6c7ccccc7n(-c7ccc(-c8ccccc8)cc7)c6ccc54)n3)c2)cc#1. The molecule has 0 aliphatic rings. The Morgan fingerprint density at radius 3 is 1.40 bits per heavy atom. The molecule has 9 aromatic carbocycles. The zero-order valence-electron chi connectivity index (χ0n) is 33.4. The van der Waals surface area contributed by atoms with Crippen LogP contribution in [0.2, 0.25) is 0 Å². The molecule has 0 aliphatic carbocycles. The molecule has 0 bridgehead atoms. The van der Waals surface area contributed by atoms with Gasteiger partial charge in [-0.1, -0.05) is 158 Å². The lowest BCUT2D eigenvalue weighted by molar-refractivity contribution is 0.953. The van der Waals surface area contributed by atoms with Gasteiger partial charge in [-0.25, -0.2) is 4.98 Å². The molecule has 3 heterocycles. The molecule has 0 saturated heterocycles. The first-order valence-corrected chi connectivity index (χ1v) is 20.8. The van der Waals surface area contributed by atoms with Crippen molar-refractivity contribution in [2.24, 2.45) is 0 Å². The summed E-state index contributed by atoms with van der Waals surface area (Å²) in [5.74, 6) is 1.73. The standard InChI is InChI=1S/C57H35N5/c1-4-16-38(17-5-1)41-30-32-46(33-31-41)61-49-28-12-10-26-47(49)53-51(61)34-35-52-54(53)48-27-11-13-29-50(48)62(52)57-59-55(44-24-14-22-42(36-44)39-18-6-2-7-19-39)58-56(60-57)45-25-15-23-43(37-45)40-20-8-3-9-21-40/h1-2,4-8,10-37H. The Morgan fingerprint density at radius 1 is 0.323 bits per heavy atom. The molecule has 0 atom stereocenters. The molecule has 0 N–H and O–H groups in total. The van der Waals surface area contributed by atoms with Gasteiger partial charge in [0.1, 0.15) is 0 Å². The second-order valence-corrected chi connectivity index (χ2v) is 15.5. The topological polar surface area (TPSA) is 48.5 Å². The molecule has 3 aromatic heterocycles. The minimum atomic E-state index is 0.550. The maximum atomic E-state index is 5.34. The van der Waals surface area contributed by atoms with Gasteiger partial charge in [-0.2, -0.15) is 9.97 Å². The van der Waals surface area contributed by atoms with E-state index >= 15 is 0 Å². The summed E-state index contributed by atoms with van der Waals surface area (Å²) in [4.78, 5) is 15.9. The van der Waals surface area contributed by atoms with E-state index in [-0.39, 0.29) is 0 Å². The first-order chi connectivity index (χ1) is 30.7. The predicted molar refractivity (Wildman–Crippen MR) is 253 cm³/mol. The molecule has 12 aromatic rings. The molecular formula is C57H35N5. The van der Waals surface area contributed by atoms with E-state index < -0.39 is 0 Å². The Kier molecular flexibility index (Phi) is 8.33. The van der Waals surface area contributed by atoms with Crippen molar-refractivity contribution in [1.82, 2.24) is 24.1 Å². The number of benzene rings is 8. The van der Waals surface area contributed by atoms with Crippen molar-refractivity contribution in [2.75, 3.05) is 0 Å². The predicted octanol–water partition coefficient (Wildman–Crippen LogP) is 14.0. The molecule has 5 nitrogen and oxygen atoms in total. The minimum absolute atomic E-state index is 0.550. The zero-order chi connectivity index (χ0) is 41.0. The highest BCUT2D eigenvalue weighted by molar-refractivity contribution is 6.28. The van der Waals surface area contributed by atoms with Crippen LogP contribution in [0.3, 0.4) is 0 Å². The summed E-state index contributed by atoms with van der Waals surface area (Å²) in [6, 6.07) is 80.5. The van der Waals surface area contributed by atoms with Gasteiger partial charge in [-0.15, -0.1) is 0 Å². The fraction of sp³-hybridized carbons (Fsp3) is 0. The summed E-state index contributed by atoms with van der Waals surface area (Å²) in [6.45, 7) is 0. The summed E-state index contributed by atoms with van der Waals surface area (Å²) in [5, 5.41) is 4.66. The third-order valence-electron chi connectivity index (χ3n) is 11.9. The van der Waals surface area contributed by atoms with Crippen LogP contribution in [0.4, 0.5) is 0 Å². The Bertz CT molecular complexity index is 3510. The van der Waals surface area contributed by atoms with Crippen LogP contribution in [0.1, 0.15) is 0 Å². The van der Waals surface area contributed by atoms with Gasteiger partial charge in [-0.3, -0.25) is 4.57 Å². The van der Waals surface area contributed by atoms with Crippen molar-refractivity contribution >= 4 is 43.6 Å². The normalized spacial score (nSPS) is 11.4. The van der Waals surface area contributed by atoms with Crippen molar-refractivity contribution in [1.29, 1.82) is 0 Å². The number of fused-ring (bicyclic) bond motifs is 7. The van der Waals surface area contributed by atoms with Gasteiger partial charge in [0.25, 0.3) is 0 Å². The third kappa shape index (κ3) is 5.93. The summed E-state index contributed by atoms with van der Waals surface area (Å²) < 4.78 is 4.60. The van der Waals surface area contributed by atoms with Crippen LogP contribution >= 0.6 is 0 Å². The van der Waals surface area contributed by atoms with Crippen LogP contribution in [0.15, 0.2) is 212 Å². The van der Waals surface area contributed by atoms with Gasteiger partial charge in [0.2, 0.25) is 5.95 Å². The average Bonchev–Trinajstić information content (AvgIpc) is 3.88. The highest BCUT2D eigenvalue weighted by Gasteiger charge is 2.23. The summed E-state index contributed by atoms with van der Waals surface area (Å²) in [5.41, 5.74) is 13.9. The van der Waals surface area contributed by atoms with Crippen molar-refractivity contribution in [2.45, 2.75) is 0 Å². The number of para-hydroxylation sites is 2. The number of hydrogen-bond donors (Lipinski definition) is 0. The average molecular weight is 790 g/mol. The Morgan fingerprint density at radius 2 is 0.806 bits per heavy atom. The molecule has 5 heteroatoms. The molecule has 0 aliphatic heterocycles. The number of rotatable bonds is 7. The molecule has 0 spiro atoms. The van der Waals surface area contributed by atoms with E-state index in [1.807, 2.05) is 24.3 Å². The molecular weight excluding hydrogens is 755 g/mol. The van der Waals surface area contributed by atoms with E-state index in [9.17, 15) is 0 Å². The van der Waals surface area contributed by atoms with Crippen LogP contribution in [-0.4, -0.2) is 24.1 Å². The van der Waals surface area contributed by atoms with Gasteiger partial charge < -0.3 is 4.57 Å². The van der Waals surface area contributed by atoms with Crippen molar-refractivity contribution in [3.63, 3.8) is 0 Å². The summed E-state index contributed by atoms with van der Waals surface area (Å²) in [7, 11) is 0. The molecule has 62 heavy (non-hydrogen) atoms. The quantitative estimate of drug-likeness (QED) is 0.162. The molecule has 12 rings (SSSR count). The largest absolute Gasteiger partial charge is 0.309 e. The van der Waals surface area contributed by atoms with Crippen molar-refractivity contribution in [3.8, 4) is 67.8 Å². The summed E-state index contributed by atoms with van der Waals surface area (Å²) in [6.07, 6.45) is 0. The molecule has 0 saturated carbocycles. The summed E-state index contributed by atoms with van der Waals surface area (Å²) >= 11 is 0. The van der Waals surface area contributed by atoms with Crippen LogP contribution in [0, 0.1) is 12.1 Å². The monoisotopic (exact) mass is 789 g/mol. The second-order valence-electron chi connectivity index (χ2n) is 15.5. The second kappa shape index (κ2) is 14.6. The first kappa shape index (κ1) is 35.4. The molecule has 0 amide bonds. The third-order valence-corrected chi connectivity index (χ3v) is 11.9. The van der Waals surface area contributed by atoms with Gasteiger partial charge >= 0.3 is 0 Å². The Balaban J connectivity index is 1.10. The van der Waals surface area contributed by atoms with Crippen LogP contribution in [-0.2, 0) is 0 Å². The van der Waals surface area contributed by atoms with E-state index in [4.69, 9.17) is 15.0 Å². The highest BCUT2D eigenvalue weighted by Crippen LogP contribution is 2.42. The maximum Gasteiger partial charge on any atom is 0.238 e. The van der Waals surface area contributed by atoms with Crippen LogP contribution < -0.4 is 0 Å². The van der Waals surface area contributed by atoms with Gasteiger partial charge in [0.05, 0.1) is 22.1 Å². The Hall–Kier alpha value is -8.59. The highest BCUT2D eigenvalue weighted by atomic mass is 15.2. The molecule has 0 fully saturated rings. The smallest absolute Gasteiger partial charge is 0.238 e. The van der Waals surface area contributed by atoms with E-state index in [2.05, 4.69) is 209 Å². The van der Waals surface area contributed by atoms with Crippen molar-refractivity contribution in [3.05, 3.63) is 224 Å². The first-order valence-electron chi connectivity index (χ1n) is 20.8. The lowest BCUT2D eigenvalue weighted by Gasteiger charge is -2.12. The van der Waals surface area contributed by atoms with Gasteiger partial charge in [0.15, 0.2) is 11.6 Å². The molecule has 0 unspecified atom stereocenters. The van der Waals surface area contributed by atoms with E-state index in [0.29, 0.717) is 17.6 Å².